The van der Waals surface area contributed by atoms with Crippen LogP contribution in [-0.2, 0) is 5.88 Å². The zero-order valence-corrected chi connectivity index (χ0v) is 11.2. The number of nitrogens with zero attached hydrogens (tertiary/aromatic N) is 2. The molecule has 1 saturated carbocycles. The van der Waals surface area contributed by atoms with Gasteiger partial charge in [-0.2, -0.15) is 0 Å². The summed E-state index contributed by atoms with van der Waals surface area (Å²) >= 11 is 5.66. The molecule has 4 heteroatoms. The quantitative estimate of drug-likeness (QED) is 0.776. The maximum atomic E-state index is 5.86. The van der Waals surface area contributed by atoms with Crippen molar-refractivity contribution in [2.24, 2.45) is 11.8 Å². The van der Waals surface area contributed by atoms with Gasteiger partial charge in [-0.25, -0.2) is 4.98 Å². The zero-order chi connectivity index (χ0) is 12.3. The first-order valence-electron chi connectivity index (χ1n) is 6.22. The molecule has 3 nitrogen and oxygen atoms in total. The van der Waals surface area contributed by atoms with Crippen LogP contribution < -0.4 is 4.74 Å². The van der Waals surface area contributed by atoms with E-state index in [1.165, 1.54) is 6.42 Å². The topological polar surface area (TPSA) is 35.0 Å². The molecule has 1 aromatic heterocycles. The lowest BCUT2D eigenvalue weighted by Crippen LogP contribution is -2.29. The number of aromatic nitrogens is 2. The van der Waals surface area contributed by atoms with Gasteiger partial charge in [0.05, 0.1) is 24.0 Å². The van der Waals surface area contributed by atoms with E-state index in [1.807, 2.05) is 0 Å². The lowest BCUT2D eigenvalue weighted by atomic mass is 9.80. The summed E-state index contributed by atoms with van der Waals surface area (Å²) in [6, 6.07) is 0. The standard InChI is InChI=1S/C13H19ClN2O/c1-9-3-4-12(5-10(9)2)17-13-8-15-11(6-14)7-16-13/h7-10,12H,3-6H2,1-2H3. The van der Waals surface area contributed by atoms with Crippen LogP contribution in [0.15, 0.2) is 12.4 Å². The molecule has 3 atom stereocenters. The third-order valence-corrected chi connectivity index (χ3v) is 3.93. The number of hydrogen-bond donors (Lipinski definition) is 0. The maximum Gasteiger partial charge on any atom is 0.232 e. The molecule has 1 aliphatic rings. The van der Waals surface area contributed by atoms with E-state index in [1.54, 1.807) is 12.4 Å². The molecule has 0 aliphatic heterocycles. The monoisotopic (exact) mass is 254 g/mol. The van der Waals surface area contributed by atoms with Gasteiger partial charge in [0, 0.05) is 0 Å². The van der Waals surface area contributed by atoms with E-state index >= 15 is 0 Å². The second kappa shape index (κ2) is 5.67. The van der Waals surface area contributed by atoms with Crippen molar-refractivity contribution >= 4 is 11.6 Å². The molecular weight excluding hydrogens is 236 g/mol. The Morgan fingerprint density at radius 2 is 2.06 bits per heavy atom. The average molecular weight is 255 g/mol. The van der Waals surface area contributed by atoms with Crippen molar-refractivity contribution in [1.29, 1.82) is 0 Å². The molecule has 0 N–H and O–H groups in total. The first kappa shape index (κ1) is 12.6. The Bertz CT molecular complexity index is 355. The zero-order valence-electron chi connectivity index (χ0n) is 10.4. The molecule has 1 aliphatic carbocycles. The highest BCUT2D eigenvalue weighted by Crippen LogP contribution is 2.31. The fourth-order valence-corrected chi connectivity index (χ4v) is 2.39. The Hall–Kier alpha value is -0.830. The average Bonchev–Trinajstić information content (AvgIpc) is 2.35. The van der Waals surface area contributed by atoms with Crippen LogP contribution in [0.25, 0.3) is 0 Å². The molecule has 1 heterocycles. The van der Waals surface area contributed by atoms with E-state index in [0.717, 1.165) is 30.4 Å². The molecule has 94 valence electrons. The molecule has 0 radical (unpaired) electrons. The Kier molecular flexibility index (Phi) is 4.21. The van der Waals surface area contributed by atoms with Crippen LogP contribution in [0.2, 0.25) is 0 Å². The van der Waals surface area contributed by atoms with Crippen molar-refractivity contribution in [2.45, 2.75) is 45.1 Å². The van der Waals surface area contributed by atoms with Gasteiger partial charge in [0.25, 0.3) is 0 Å². The predicted octanol–water partition coefficient (Wildman–Crippen LogP) is 3.42. The van der Waals surface area contributed by atoms with Gasteiger partial charge in [-0.3, -0.25) is 4.98 Å². The van der Waals surface area contributed by atoms with E-state index in [9.17, 15) is 0 Å². The molecule has 2 rings (SSSR count). The van der Waals surface area contributed by atoms with Gasteiger partial charge < -0.3 is 4.74 Å². The molecule has 0 bridgehead atoms. The smallest absolute Gasteiger partial charge is 0.232 e. The summed E-state index contributed by atoms with van der Waals surface area (Å²) in [4.78, 5) is 8.40. The molecule has 0 saturated heterocycles. The van der Waals surface area contributed by atoms with Crippen molar-refractivity contribution in [3.63, 3.8) is 0 Å². The SMILES string of the molecule is CC1CCC(Oc2cnc(CCl)cn2)CC1C. The minimum Gasteiger partial charge on any atom is -0.473 e. The number of rotatable bonds is 3. The first-order chi connectivity index (χ1) is 8.19. The molecule has 1 aromatic rings. The van der Waals surface area contributed by atoms with E-state index in [0.29, 0.717) is 11.8 Å². The molecule has 17 heavy (non-hydrogen) atoms. The highest BCUT2D eigenvalue weighted by molar-refractivity contribution is 6.16. The van der Waals surface area contributed by atoms with Gasteiger partial charge in [0.1, 0.15) is 6.10 Å². The largest absolute Gasteiger partial charge is 0.473 e. The molecule has 0 amide bonds. The summed E-state index contributed by atoms with van der Waals surface area (Å²) in [5, 5.41) is 0. The highest BCUT2D eigenvalue weighted by Gasteiger charge is 2.25. The lowest BCUT2D eigenvalue weighted by molar-refractivity contribution is 0.0960. The van der Waals surface area contributed by atoms with Crippen molar-refractivity contribution in [2.75, 3.05) is 0 Å². The molecular formula is C13H19ClN2O. The third-order valence-electron chi connectivity index (χ3n) is 3.66. The first-order valence-corrected chi connectivity index (χ1v) is 6.76. The normalized spacial score (nSPS) is 29.0. The summed E-state index contributed by atoms with van der Waals surface area (Å²) < 4.78 is 5.86. The molecule has 0 aromatic carbocycles. The fourth-order valence-electron chi connectivity index (χ4n) is 2.25. The van der Waals surface area contributed by atoms with E-state index < -0.39 is 0 Å². The number of halogens is 1. The Morgan fingerprint density at radius 3 is 2.65 bits per heavy atom. The highest BCUT2D eigenvalue weighted by atomic mass is 35.5. The molecule has 0 spiro atoms. The summed E-state index contributed by atoms with van der Waals surface area (Å²) in [5.74, 6) is 2.54. The summed E-state index contributed by atoms with van der Waals surface area (Å²) in [6.45, 7) is 4.61. The summed E-state index contributed by atoms with van der Waals surface area (Å²) in [5.41, 5.74) is 0.782. The van der Waals surface area contributed by atoms with Gasteiger partial charge in [-0.05, 0) is 31.1 Å². The summed E-state index contributed by atoms with van der Waals surface area (Å²) in [7, 11) is 0. The van der Waals surface area contributed by atoms with Crippen LogP contribution in [0, 0.1) is 11.8 Å². The Labute approximate surface area is 108 Å². The minimum atomic E-state index is 0.289. The van der Waals surface area contributed by atoms with Crippen molar-refractivity contribution in [3.8, 4) is 5.88 Å². The number of hydrogen-bond acceptors (Lipinski definition) is 3. The van der Waals surface area contributed by atoms with Crippen molar-refractivity contribution in [3.05, 3.63) is 18.1 Å². The van der Waals surface area contributed by atoms with Crippen LogP contribution in [0.4, 0.5) is 0 Å². The number of ether oxygens (including phenoxy) is 1. The van der Waals surface area contributed by atoms with Crippen LogP contribution in [0.3, 0.4) is 0 Å². The fraction of sp³-hybridized carbons (Fsp3) is 0.692. The van der Waals surface area contributed by atoms with Crippen molar-refractivity contribution < 1.29 is 4.74 Å². The maximum absolute atomic E-state index is 5.86. The van der Waals surface area contributed by atoms with Gasteiger partial charge in [0.2, 0.25) is 5.88 Å². The van der Waals surface area contributed by atoms with Crippen LogP contribution in [0.5, 0.6) is 5.88 Å². The van der Waals surface area contributed by atoms with Gasteiger partial charge in [-0.15, -0.1) is 11.6 Å². The van der Waals surface area contributed by atoms with Crippen molar-refractivity contribution in [1.82, 2.24) is 9.97 Å². The van der Waals surface area contributed by atoms with Gasteiger partial charge in [-0.1, -0.05) is 13.8 Å². The van der Waals surface area contributed by atoms with Gasteiger partial charge in [0.15, 0.2) is 0 Å². The molecule has 3 unspecified atom stereocenters. The van der Waals surface area contributed by atoms with Crippen LogP contribution in [-0.4, -0.2) is 16.1 Å². The second-order valence-corrected chi connectivity index (χ2v) is 5.25. The number of alkyl halides is 1. The lowest BCUT2D eigenvalue weighted by Gasteiger charge is -2.31. The third kappa shape index (κ3) is 3.32. The minimum absolute atomic E-state index is 0.289. The van der Waals surface area contributed by atoms with E-state index in [2.05, 4.69) is 23.8 Å². The predicted molar refractivity (Wildman–Crippen MR) is 68.2 cm³/mol. The Balaban J connectivity index is 1.92. The summed E-state index contributed by atoms with van der Waals surface area (Å²) in [6.07, 6.45) is 7.10. The van der Waals surface area contributed by atoms with E-state index in [-0.39, 0.29) is 6.10 Å². The van der Waals surface area contributed by atoms with E-state index in [4.69, 9.17) is 16.3 Å². The van der Waals surface area contributed by atoms with Crippen LogP contribution in [0.1, 0.15) is 38.8 Å². The van der Waals surface area contributed by atoms with Gasteiger partial charge >= 0.3 is 0 Å². The molecule has 1 fully saturated rings. The van der Waals surface area contributed by atoms with Crippen LogP contribution >= 0.6 is 11.6 Å². The Morgan fingerprint density at radius 1 is 1.24 bits per heavy atom. The second-order valence-electron chi connectivity index (χ2n) is 4.99.